The Morgan fingerprint density at radius 1 is 1.44 bits per heavy atom. The maximum absolute atomic E-state index is 12.0. The summed E-state index contributed by atoms with van der Waals surface area (Å²) in [5.74, 6) is -0.871. The predicted octanol–water partition coefficient (Wildman–Crippen LogP) is 1.56. The highest BCUT2D eigenvalue weighted by molar-refractivity contribution is 5.82. The number of hydrogen-bond acceptors (Lipinski definition) is 5. The van der Waals surface area contributed by atoms with Gasteiger partial charge in [-0.3, -0.25) is 4.79 Å². The second-order valence-corrected chi connectivity index (χ2v) is 4.24. The van der Waals surface area contributed by atoms with Gasteiger partial charge in [0.05, 0.1) is 12.5 Å². The molecule has 2 rings (SSSR count). The standard InChI is InChI=1S/C11H14F2N2O3/c12-11(13)8(16)6-10-14-9(15-18-10)5-7-3-1-2-4-17-7/h7,11H,1-6H2. The van der Waals surface area contributed by atoms with Gasteiger partial charge in [-0.1, -0.05) is 5.16 Å². The predicted molar refractivity (Wildman–Crippen MR) is 56.3 cm³/mol. The molecule has 18 heavy (non-hydrogen) atoms. The van der Waals surface area contributed by atoms with E-state index < -0.39 is 18.6 Å². The Labute approximate surface area is 103 Å². The molecule has 1 aliphatic heterocycles. The van der Waals surface area contributed by atoms with Crippen molar-refractivity contribution in [2.45, 2.75) is 44.6 Å². The van der Waals surface area contributed by atoms with Crippen LogP contribution in [0.15, 0.2) is 4.52 Å². The van der Waals surface area contributed by atoms with Crippen LogP contribution in [0.4, 0.5) is 8.78 Å². The number of carbonyl (C=O) groups is 1. The van der Waals surface area contributed by atoms with Crippen LogP contribution in [0.2, 0.25) is 0 Å². The number of aromatic nitrogens is 2. The molecule has 1 fully saturated rings. The van der Waals surface area contributed by atoms with Gasteiger partial charge < -0.3 is 9.26 Å². The molecule has 5 nitrogen and oxygen atoms in total. The van der Waals surface area contributed by atoms with E-state index in [4.69, 9.17) is 9.26 Å². The molecule has 100 valence electrons. The molecule has 0 aromatic carbocycles. The van der Waals surface area contributed by atoms with E-state index in [1.165, 1.54) is 0 Å². The number of nitrogens with zero attached hydrogens (tertiary/aromatic N) is 2. The zero-order valence-electron chi connectivity index (χ0n) is 9.77. The van der Waals surface area contributed by atoms with Crippen LogP contribution in [-0.2, 0) is 22.4 Å². The van der Waals surface area contributed by atoms with Crippen molar-refractivity contribution in [2.24, 2.45) is 0 Å². The lowest BCUT2D eigenvalue weighted by molar-refractivity contribution is -0.129. The molecular formula is C11H14F2N2O3. The molecule has 1 saturated heterocycles. The third kappa shape index (κ3) is 3.56. The van der Waals surface area contributed by atoms with Crippen molar-refractivity contribution in [1.29, 1.82) is 0 Å². The largest absolute Gasteiger partial charge is 0.378 e. The van der Waals surface area contributed by atoms with Gasteiger partial charge in [-0.2, -0.15) is 4.98 Å². The van der Waals surface area contributed by atoms with Gasteiger partial charge >= 0.3 is 0 Å². The smallest absolute Gasteiger partial charge is 0.296 e. The summed E-state index contributed by atoms with van der Waals surface area (Å²) < 4.78 is 34.3. The van der Waals surface area contributed by atoms with Gasteiger partial charge in [-0.25, -0.2) is 8.78 Å². The number of alkyl halides is 2. The number of Topliss-reactive ketones (excluding diaryl/α,β-unsaturated/α-hetero) is 1. The number of ether oxygens (including phenoxy) is 1. The molecule has 0 bridgehead atoms. The zero-order valence-corrected chi connectivity index (χ0v) is 9.77. The molecule has 1 atom stereocenters. The van der Waals surface area contributed by atoms with Crippen molar-refractivity contribution in [3.8, 4) is 0 Å². The molecule has 1 aromatic heterocycles. The van der Waals surface area contributed by atoms with Crippen molar-refractivity contribution in [3.05, 3.63) is 11.7 Å². The fraction of sp³-hybridized carbons (Fsp3) is 0.727. The topological polar surface area (TPSA) is 65.2 Å². The minimum atomic E-state index is -3.00. The average Bonchev–Trinajstić information content (AvgIpc) is 2.77. The quantitative estimate of drug-likeness (QED) is 0.803. The van der Waals surface area contributed by atoms with Crippen molar-refractivity contribution >= 4 is 5.78 Å². The third-order valence-corrected chi connectivity index (χ3v) is 2.76. The van der Waals surface area contributed by atoms with Crippen molar-refractivity contribution in [3.63, 3.8) is 0 Å². The van der Waals surface area contributed by atoms with E-state index in [-0.39, 0.29) is 12.0 Å². The van der Waals surface area contributed by atoms with Crippen LogP contribution >= 0.6 is 0 Å². The minimum absolute atomic E-state index is 0.0509. The van der Waals surface area contributed by atoms with Crippen LogP contribution in [0.1, 0.15) is 31.0 Å². The first-order valence-electron chi connectivity index (χ1n) is 5.89. The fourth-order valence-electron chi connectivity index (χ4n) is 1.84. The molecule has 0 N–H and O–H groups in total. The molecule has 0 spiro atoms. The van der Waals surface area contributed by atoms with Gasteiger partial charge in [0.2, 0.25) is 11.7 Å². The summed E-state index contributed by atoms with van der Waals surface area (Å²) in [5, 5.41) is 3.66. The van der Waals surface area contributed by atoms with Gasteiger partial charge in [0.25, 0.3) is 6.43 Å². The Morgan fingerprint density at radius 2 is 2.28 bits per heavy atom. The number of halogens is 2. The normalized spacial score (nSPS) is 20.3. The van der Waals surface area contributed by atoms with Crippen LogP contribution in [0.3, 0.4) is 0 Å². The molecule has 1 aromatic rings. The molecule has 0 saturated carbocycles. The van der Waals surface area contributed by atoms with Crippen LogP contribution in [-0.4, -0.2) is 35.1 Å². The Hall–Kier alpha value is -1.37. The van der Waals surface area contributed by atoms with E-state index in [1.54, 1.807) is 0 Å². The highest BCUT2D eigenvalue weighted by Gasteiger charge is 2.21. The van der Waals surface area contributed by atoms with Gasteiger partial charge in [0.15, 0.2) is 5.82 Å². The monoisotopic (exact) mass is 260 g/mol. The Morgan fingerprint density at radius 3 is 2.94 bits per heavy atom. The molecule has 2 heterocycles. The van der Waals surface area contributed by atoms with Crippen molar-refractivity contribution in [1.82, 2.24) is 10.1 Å². The lowest BCUT2D eigenvalue weighted by Gasteiger charge is -2.20. The summed E-state index contributed by atoms with van der Waals surface area (Å²) in [6, 6.07) is 0. The van der Waals surface area contributed by atoms with Crippen LogP contribution in [0.5, 0.6) is 0 Å². The minimum Gasteiger partial charge on any atom is -0.378 e. The number of rotatable bonds is 5. The van der Waals surface area contributed by atoms with Gasteiger partial charge in [0, 0.05) is 13.0 Å². The molecule has 0 radical (unpaired) electrons. The SMILES string of the molecule is O=C(Cc1nc(CC2CCCCO2)no1)C(F)F. The molecule has 0 amide bonds. The van der Waals surface area contributed by atoms with Crippen molar-refractivity contribution in [2.75, 3.05) is 6.61 Å². The van der Waals surface area contributed by atoms with Crippen molar-refractivity contribution < 1.29 is 22.8 Å². The number of ketones is 1. The van der Waals surface area contributed by atoms with E-state index in [9.17, 15) is 13.6 Å². The highest BCUT2D eigenvalue weighted by Crippen LogP contribution is 2.16. The maximum Gasteiger partial charge on any atom is 0.296 e. The van der Waals surface area contributed by atoms with Gasteiger partial charge in [-0.15, -0.1) is 0 Å². The highest BCUT2D eigenvalue weighted by atomic mass is 19.3. The molecule has 1 aliphatic rings. The summed E-state index contributed by atoms with van der Waals surface area (Å²) in [6.45, 7) is 0.721. The van der Waals surface area contributed by atoms with E-state index in [0.29, 0.717) is 12.2 Å². The van der Waals surface area contributed by atoms with E-state index in [2.05, 4.69) is 10.1 Å². The number of carbonyl (C=O) groups excluding carboxylic acids is 1. The summed E-state index contributed by atoms with van der Waals surface area (Å²) in [7, 11) is 0. The average molecular weight is 260 g/mol. The molecular weight excluding hydrogens is 246 g/mol. The Bertz CT molecular complexity index is 403. The summed E-state index contributed by atoms with van der Waals surface area (Å²) in [5.41, 5.74) is 0. The summed E-state index contributed by atoms with van der Waals surface area (Å²) in [4.78, 5) is 14.7. The second kappa shape index (κ2) is 5.99. The Kier molecular flexibility index (Phi) is 4.35. The van der Waals surface area contributed by atoms with Crippen LogP contribution < -0.4 is 0 Å². The van der Waals surface area contributed by atoms with Gasteiger partial charge in [-0.05, 0) is 19.3 Å². The second-order valence-electron chi connectivity index (χ2n) is 4.24. The zero-order chi connectivity index (χ0) is 13.0. The first-order chi connectivity index (χ1) is 8.65. The van der Waals surface area contributed by atoms with Crippen LogP contribution in [0.25, 0.3) is 0 Å². The maximum atomic E-state index is 12.0. The molecule has 0 aliphatic carbocycles. The van der Waals surface area contributed by atoms with Crippen LogP contribution in [0, 0.1) is 0 Å². The lowest BCUT2D eigenvalue weighted by atomic mass is 10.1. The van der Waals surface area contributed by atoms with Gasteiger partial charge in [0.1, 0.15) is 0 Å². The first kappa shape index (κ1) is 13.1. The van der Waals surface area contributed by atoms with E-state index in [1.807, 2.05) is 0 Å². The first-order valence-corrected chi connectivity index (χ1v) is 5.89. The third-order valence-electron chi connectivity index (χ3n) is 2.76. The Balaban J connectivity index is 1.87. The summed E-state index contributed by atoms with van der Waals surface area (Å²) >= 11 is 0. The fourth-order valence-corrected chi connectivity index (χ4v) is 1.84. The van der Waals surface area contributed by atoms with E-state index in [0.717, 1.165) is 25.9 Å². The number of hydrogen-bond donors (Lipinski definition) is 0. The lowest BCUT2D eigenvalue weighted by Crippen LogP contribution is -2.21. The summed E-state index contributed by atoms with van der Waals surface area (Å²) in [6.07, 6.45) is 0.107. The molecule has 1 unspecified atom stereocenters. The van der Waals surface area contributed by atoms with E-state index >= 15 is 0 Å². The molecule has 7 heteroatoms.